The van der Waals surface area contributed by atoms with Crippen molar-refractivity contribution in [2.75, 3.05) is 25.5 Å². The summed E-state index contributed by atoms with van der Waals surface area (Å²) in [4.78, 5) is 26.0. The minimum Gasteiger partial charge on any atom is -0.396 e. The molecule has 1 aliphatic rings. The van der Waals surface area contributed by atoms with Crippen LogP contribution in [0, 0.1) is 5.92 Å². The Kier molecular flexibility index (Phi) is 5.75. The van der Waals surface area contributed by atoms with E-state index in [4.69, 9.17) is 5.11 Å². The molecule has 3 heterocycles. The first-order valence-corrected chi connectivity index (χ1v) is 11.8. The number of rotatable bonds is 7. The van der Waals surface area contributed by atoms with Gasteiger partial charge in [-0.1, -0.05) is 0 Å². The second-order valence-corrected chi connectivity index (χ2v) is 9.42. The lowest BCUT2D eigenvalue weighted by Crippen LogP contribution is -2.36. The highest BCUT2D eigenvalue weighted by Crippen LogP contribution is 2.40. The summed E-state index contributed by atoms with van der Waals surface area (Å²) in [6.45, 7) is 0.861. The van der Waals surface area contributed by atoms with E-state index in [0.29, 0.717) is 6.54 Å². The first-order chi connectivity index (χ1) is 15.6. The number of aryl methyl sites for hydroxylation is 1. The third-order valence-electron chi connectivity index (χ3n) is 6.18. The summed E-state index contributed by atoms with van der Waals surface area (Å²) < 4.78 is 0. The van der Waals surface area contributed by atoms with Gasteiger partial charge in [0.15, 0.2) is 0 Å². The van der Waals surface area contributed by atoms with E-state index in [1.54, 1.807) is 23.9 Å². The summed E-state index contributed by atoms with van der Waals surface area (Å²) in [5.41, 5.74) is 3.21. The molecule has 0 bridgehead atoms. The number of nitrogens with zero attached hydrogens (tertiary/aromatic N) is 4. The van der Waals surface area contributed by atoms with Gasteiger partial charge in [-0.25, -0.2) is 9.97 Å². The minimum absolute atomic E-state index is 0.00237. The summed E-state index contributed by atoms with van der Waals surface area (Å²) in [5, 5.41) is 21.6. The molecule has 1 aliphatic carbocycles. The molecule has 3 aromatic heterocycles. The maximum absolute atomic E-state index is 12.9. The fraction of sp³-hybridized carbons (Fsp3) is 0.391. The van der Waals surface area contributed by atoms with Crippen LogP contribution in [0.5, 0.6) is 0 Å². The standard InChI is InChI=1S/C23H26N6O2S/c1-29(8-2-3-9-30)23(31)14-4-6-17-19(11-14)32-22-20(17)21(24-13-25-22)27-16-5-7-18-15(10-16)12-26-28-18/h5,7,10,12-14,30H,2-4,6,8-9,11H2,1H3,(H,26,28)(H,24,25,27)/t14-/m0/s1. The Hall–Kier alpha value is -3.04. The molecule has 0 aliphatic heterocycles. The molecule has 3 N–H and O–H groups in total. The third kappa shape index (κ3) is 3.93. The van der Waals surface area contributed by atoms with Crippen molar-refractivity contribution in [1.29, 1.82) is 0 Å². The molecule has 9 heteroatoms. The number of carbonyl (C=O) groups excluding carboxylic acids is 1. The molecule has 0 radical (unpaired) electrons. The van der Waals surface area contributed by atoms with Gasteiger partial charge in [-0.3, -0.25) is 9.89 Å². The number of anilines is 2. The SMILES string of the molecule is CN(CCCCO)C(=O)[C@H]1CCc2c(sc3ncnc(Nc4ccc5[nH]ncc5c4)c23)C1. The molecule has 32 heavy (non-hydrogen) atoms. The van der Waals surface area contributed by atoms with Gasteiger partial charge in [-0.05, 0) is 55.9 Å². The van der Waals surface area contributed by atoms with E-state index in [2.05, 4.69) is 25.5 Å². The lowest BCUT2D eigenvalue weighted by atomic mass is 9.87. The van der Waals surface area contributed by atoms with Gasteiger partial charge in [0.2, 0.25) is 5.91 Å². The summed E-state index contributed by atoms with van der Waals surface area (Å²) >= 11 is 1.67. The number of H-pyrrole nitrogens is 1. The number of amides is 1. The van der Waals surface area contributed by atoms with Crippen molar-refractivity contribution < 1.29 is 9.90 Å². The Labute approximate surface area is 189 Å². The van der Waals surface area contributed by atoms with E-state index in [-0.39, 0.29) is 18.4 Å². The zero-order valence-corrected chi connectivity index (χ0v) is 18.8. The van der Waals surface area contributed by atoms with E-state index in [9.17, 15) is 4.79 Å². The van der Waals surface area contributed by atoms with Crippen LogP contribution < -0.4 is 5.32 Å². The number of aliphatic hydroxyl groups excluding tert-OH is 1. The van der Waals surface area contributed by atoms with E-state index >= 15 is 0 Å². The number of aromatic amines is 1. The molecule has 0 saturated heterocycles. The molecule has 1 aromatic carbocycles. The smallest absolute Gasteiger partial charge is 0.225 e. The van der Waals surface area contributed by atoms with Crippen molar-refractivity contribution in [3.05, 3.63) is 41.2 Å². The Balaban J connectivity index is 1.38. The van der Waals surface area contributed by atoms with E-state index in [1.807, 2.05) is 30.1 Å². The van der Waals surface area contributed by atoms with Gasteiger partial charge >= 0.3 is 0 Å². The molecule has 166 valence electrons. The van der Waals surface area contributed by atoms with Crippen molar-refractivity contribution in [2.45, 2.75) is 32.1 Å². The van der Waals surface area contributed by atoms with Crippen LogP contribution >= 0.6 is 11.3 Å². The lowest BCUT2D eigenvalue weighted by Gasteiger charge is -2.26. The van der Waals surface area contributed by atoms with Crippen molar-refractivity contribution in [2.24, 2.45) is 5.92 Å². The van der Waals surface area contributed by atoms with Crippen molar-refractivity contribution in [3.8, 4) is 0 Å². The molecule has 0 fully saturated rings. The van der Waals surface area contributed by atoms with Crippen molar-refractivity contribution in [3.63, 3.8) is 0 Å². The average Bonchev–Trinajstić information content (AvgIpc) is 3.42. The monoisotopic (exact) mass is 450 g/mol. The zero-order valence-electron chi connectivity index (χ0n) is 18.0. The number of hydrogen-bond donors (Lipinski definition) is 3. The topological polar surface area (TPSA) is 107 Å². The van der Waals surface area contributed by atoms with Crippen LogP contribution in [-0.2, 0) is 17.6 Å². The Morgan fingerprint density at radius 1 is 1.34 bits per heavy atom. The third-order valence-corrected chi connectivity index (χ3v) is 7.34. The van der Waals surface area contributed by atoms with Gasteiger partial charge in [0.25, 0.3) is 0 Å². The van der Waals surface area contributed by atoms with E-state index < -0.39 is 0 Å². The van der Waals surface area contributed by atoms with Gasteiger partial charge in [0, 0.05) is 42.1 Å². The highest BCUT2D eigenvalue weighted by Gasteiger charge is 2.30. The first-order valence-electron chi connectivity index (χ1n) is 11.0. The summed E-state index contributed by atoms with van der Waals surface area (Å²) in [7, 11) is 1.87. The predicted molar refractivity (Wildman–Crippen MR) is 126 cm³/mol. The van der Waals surface area contributed by atoms with Crippen LogP contribution in [0.1, 0.15) is 29.7 Å². The number of benzene rings is 1. The quantitative estimate of drug-likeness (QED) is 0.371. The second kappa shape index (κ2) is 8.84. The number of aromatic nitrogens is 4. The average molecular weight is 451 g/mol. The summed E-state index contributed by atoms with van der Waals surface area (Å²) in [5.74, 6) is 1.01. The number of unbranched alkanes of at least 4 members (excludes halogenated alkanes) is 1. The number of nitrogens with one attached hydrogen (secondary N) is 2. The van der Waals surface area contributed by atoms with E-state index in [0.717, 1.165) is 64.7 Å². The number of fused-ring (bicyclic) bond motifs is 4. The number of hydrogen-bond acceptors (Lipinski definition) is 7. The van der Waals surface area contributed by atoms with Crippen LogP contribution in [0.2, 0.25) is 0 Å². The zero-order chi connectivity index (χ0) is 22.1. The maximum atomic E-state index is 12.9. The van der Waals surface area contributed by atoms with Gasteiger partial charge in [0.05, 0.1) is 17.1 Å². The molecule has 0 spiro atoms. The van der Waals surface area contributed by atoms with Crippen LogP contribution in [0.25, 0.3) is 21.1 Å². The summed E-state index contributed by atoms with van der Waals surface area (Å²) in [6, 6.07) is 6.06. The van der Waals surface area contributed by atoms with Gasteiger partial charge in [0.1, 0.15) is 17.0 Å². The minimum atomic E-state index is 0.00237. The second-order valence-electron chi connectivity index (χ2n) is 8.33. The molecule has 1 amide bonds. The summed E-state index contributed by atoms with van der Waals surface area (Å²) in [6.07, 6.45) is 7.39. The highest BCUT2D eigenvalue weighted by molar-refractivity contribution is 7.19. The van der Waals surface area contributed by atoms with Crippen LogP contribution in [0.15, 0.2) is 30.7 Å². The predicted octanol–water partition coefficient (Wildman–Crippen LogP) is 3.65. The van der Waals surface area contributed by atoms with Gasteiger partial charge < -0.3 is 15.3 Å². The molecular formula is C23H26N6O2S. The molecule has 8 nitrogen and oxygen atoms in total. The molecule has 0 unspecified atom stereocenters. The molecule has 0 saturated carbocycles. The lowest BCUT2D eigenvalue weighted by molar-refractivity contribution is -0.134. The van der Waals surface area contributed by atoms with Crippen LogP contribution in [-0.4, -0.2) is 56.3 Å². The molecule has 4 aromatic rings. The highest BCUT2D eigenvalue weighted by atomic mass is 32.1. The fourth-order valence-electron chi connectivity index (χ4n) is 4.46. The number of aliphatic hydroxyl groups is 1. The van der Waals surface area contributed by atoms with Crippen molar-refractivity contribution in [1.82, 2.24) is 25.1 Å². The molecule has 5 rings (SSSR count). The first kappa shape index (κ1) is 20.8. The normalized spacial score (nSPS) is 15.8. The largest absolute Gasteiger partial charge is 0.396 e. The number of thiophene rings is 1. The van der Waals surface area contributed by atoms with Crippen LogP contribution in [0.4, 0.5) is 11.5 Å². The maximum Gasteiger partial charge on any atom is 0.225 e. The molecular weight excluding hydrogens is 424 g/mol. The van der Waals surface area contributed by atoms with E-state index in [1.165, 1.54) is 10.4 Å². The molecule has 1 atom stereocenters. The Morgan fingerprint density at radius 2 is 2.25 bits per heavy atom. The van der Waals surface area contributed by atoms with Crippen molar-refractivity contribution >= 4 is 49.9 Å². The number of carbonyl (C=O) groups is 1. The van der Waals surface area contributed by atoms with Gasteiger partial charge in [-0.2, -0.15) is 5.10 Å². The van der Waals surface area contributed by atoms with Gasteiger partial charge in [-0.15, -0.1) is 11.3 Å². The Bertz CT molecular complexity index is 1270. The van der Waals surface area contributed by atoms with Crippen LogP contribution in [0.3, 0.4) is 0 Å². The fourth-order valence-corrected chi connectivity index (χ4v) is 5.72. The Morgan fingerprint density at radius 3 is 3.12 bits per heavy atom.